The molecule has 4 atom stereocenters. The molecule has 0 spiro atoms. The number of carboxylic acid groups (broad SMARTS) is 1. The largest absolute Gasteiger partial charge is 0.481 e. The smallest absolute Gasteiger partial charge is 0.309 e. The number of carbonyl (C=O) groups is 1. The molecule has 4 rings (SSSR count). The van der Waals surface area contributed by atoms with Crippen LogP contribution in [0, 0.1) is 17.3 Å². The summed E-state index contributed by atoms with van der Waals surface area (Å²) in [7, 11) is 0. The highest BCUT2D eigenvalue weighted by molar-refractivity contribution is 9.10. The molecule has 3 unspecified atom stereocenters. The van der Waals surface area contributed by atoms with Crippen molar-refractivity contribution in [1.29, 1.82) is 0 Å². The maximum absolute atomic E-state index is 11.4. The Labute approximate surface area is 92.2 Å². The maximum atomic E-state index is 11.4. The zero-order valence-corrected chi connectivity index (χ0v) is 9.72. The first-order valence-corrected chi connectivity index (χ1v) is 6.23. The van der Waals surface area contributed by atoms with Gasteiger partial charge in [0.25, 0.3) is 0 Å². The molecule has 4 saturated carbocycles. The van der Waals surface area contributed by atoms with Crippen LogP contribution in [0.2, 0.25) is 0 Å². The molecule has 0 aromatic carbocycles. The second kappa shape index (κ2) is 2.55. The van der Waals surface area contributed by atoms with E-state index in [1.54, 1.807) is 0 Å². The van der Waals surface area contributed by atoms with Gasteiger partial charge in [-0.25, -0.2) is 0 Å². The fourth-order valence-electron chi connectivity index (χ4n) is 4.40. The molecule has 4 aliphatic rings. The molecule has 0 heterocycles. The quantitative estimate of drug-likeness (QED) is 0.735. The number of carboxylic acids is 1. The van der Waals surface area contributed by atoms with E-state index in [0.717, 1.165) is 19.3 Å². The van der Waals surface area contributed by atoms with Gasteiger partial charge in [-0.1, -0.05) is 15.9 Å². The number of rotatable bonds is 1. The Balaban J connectivity index is 2.00. The summed E-state index contributed by atoms with van der Waals surface area (Å²) in [4.78, 5) is 11.4. The van der Waals surface area contributed by atoms with E-state index in [2.05, 4.69) is 15.9 Å². The van der Waals surface area contributed by atoms with Gasteiger partial charge in [0.2, 0.25) is 0 Å². The summed E-state index contributed by atoms with van der Waals surface area (Å²) in [6.07, 6.45) is 6.43. The first-order chi connectivity index (χ1) is 6.51. The van der Waals surface area contributed by atoms with Crippen LogP contribution >= 0.6 is 15.9 Å². The third kappa shape index (κ3) is 1.11. The Bertz CT molecular complexity index is 286. The van der Waals surface area contributed by atoms with Crippen molar-refractivity contribution in [1.82, 2.24) is 0 Å². The minimum Gasteiger partial charge on any atom is -0.481 e. The van der Waals surface area contributed by atoms with E-state index in [-0.39, 0.29) is 9.74 Å². The monoisotopic (exact) mass is 258 g/mol. The van der Waals surface area contributed by atoms with E-state index in [1.165, 1.54) is 19.3 Å². The Kier molecular flexibility index (Phi) is 1.67. The summed E-state index contributed by atoms with van der Waals surface area (Å²) in [6, 6.07) is 0. The molecule has 4 bridgehead atoms. The number of hydrogen-bond acceptors (Lipinski definition) is 1. The van der Waals surface area contributed by atoms with Gasteiger partial charge < -0.3 is 5.11 Å². The zero-order valence-electron chi connectivity index (χ0n) is 8.13. The van der Waals surface area contributed by atoms with Crippen molar-refractivity contribution in [3.63, 3.8) is 0 Å². The average molecular weight is 259 g/mol. The van der Waals surface area contributed by atoms with Crippen LogP contribution in [-0.2, 0) is 4.79 Å². The molecule has 0 aromatic rings. The summed E-state index contributed by atoms with van der Waals surface area (Å²) < 4.78 is 0.176. The number of hydrogen-bond donors (Lipinski definition) is 1. The summed E-state index contributed by atoms with van der Waals surface area (Å²) in [5, 5.41) is 9.37. The first-order valence-electron chi connectivity index (χ1n) is 5.44. The normalized spacial score (nSPS) is 54.9. The van der Waals surface area contributed by atoms with Crippen molar-refractivity contribution in [2.45, 2.75) is 42.8 Å². The van der Waals surface area contributed by atoms with Crippen LogP contribution in [0.25, 0.3) is 0 Å². The Hall–Kier alpha value is -0.0500. The Morgan fingerprint density at radius 1 is 1.21 bits per heavy atom. The van der Waals surface area contributed by atoms with E-state index < -0.39 is 5.97 Å². The lowest BCUT2D eigenvalue weighted by Gasteiger charge is -2.58. The van der Waals surface area contributed by atoms with E-state index in [1.807, 2.05) is 0 Å². The maximum Gasteiger partial charge on any atom is 0.309 e. The molecule has 0 amide bonds. The molecule has 0 saturated heterocycles. The van der Waals surface area contributed by atoms with Crippen molar-refractivity contribution < 1.29 is 9.90 Å². The summed E-state index contributed by atoms with van der Waals surface area (Å²) in [5.41, 5.74) is -0.367. The average Bonchev–Trinajstić information content (AvgIpc) is 1.98. The molecule has 0 aliphatic heterocycles. The summed E-state index contributed by atoms with van der Waals surface area (Å²) >= 11 is 3.80. The van der Waals surface area contributed by atoms with Crippen molar-refractivity contribution >= 4 is 21.9 Å². The van der Waals surface area contributed by atoms with Crippen LogP contribution in [0.1, 0.15) is 38.5 Å². The van der Waals surface area contributed by atoms with Gasteiger partial charge in [0.05, 0.1) is 5.41 Å². The van der Waals surface area contributed by atoms with Crippen LogP contribution in [0.3, 0.4) is 0 Å². The molecule has 3 heteroatoms. The standard InChI is InChI=1S/C11H15BrO2/c12-11-4-7-1-8(5-11)3-10(2-7,6-11)9(13)14/h7-8H,1-6H2,(H,13,14)/t7-,8?,10?,11?/m1/s1. The highest BCUT2D eigenvalue weighted by Gasteiger charge is 2.59. The Morgan fingerprint density at radius 3 is 2.21 bits per heavy atom. The SMILES string of the molecule is O=C(O)C12CC3C[C@@H](CC(Br)(C3)C1)C2. The van der Waals surface area contributed by atoms with Crippen LogP contribution < -0.4 is 0 Å². The zero-order chi connectivity index (χ0) is 9.97. The van der Waals surface area contributed by atoms with Crippen molar-refractivity contribution in [2.75, 3.05) is 0 Å². The van der Waals surface area contributed by atoms with Crippen molar-refractivity contribution in [2.24, 2.45) is 17.3 Å². The third-order valence-corrected chi connectivity index (χ3v) is 5.37. The minimum atomic E-state index is -0.546. The predicted octanol–water partition coefficient (Wildman–Crippen LogP) is 2.80. The molecule has 2 nitrogen and oxygen atoms in total. The highest BCUT2D eigenvalue weighted by atomic mass is 79.9. The topological polar surface area (TPSA) is 37.3 Å². The van der Waals surface area contributed by atoms with Gasteiger partial charge in [0.1, 0.15) is 0 Å². The van der Waals surface area contributed by atoms with E-state index >= 15 is 0 Å². The van der Waals surface area contributed by atoms with E-state index in [0.29, 0.717) is 11.8 Å². The molecule has 1 N–H and O–H groups in total. The molecule has 4 aliphatic carbocycles. The molecule has 14 heavy (non-hydrogen) atoms. The Morgan fingerprint density at radius 2 is 1.79 bits per heavy atom. The minimum absolute atomic E-state index is 0.176. The highest BCUT2D eigenvalue weighted by Crippen LogP contribution is 2.64. The molecule has 4 fully saturated rings. The molecule has 0 radical (unpaired) electrons. The number of aliphatic carboxylic acids is 1. The lowest BCUT2D eigenvalue weighted by Crippen LogP contribution is -2.55. The van der Waals surface area contributed by atoms with Crippen LogP contribution in [0.15, 0.2) is 0 Å². The molecular weight excluding hydrogens is 244 g/mol. The predicted molar refractivity (Wildman–Crippen MR) is 56.4 cm³/mol. The van der Waals surface area contributed by atoms with Gasteiger partial charge in [-0.3, -0.25) is 4.79 Å². The fourth-order valence-corrected chi connectivity index (χ4v) is 5.85. The molecular formula is C11H15BrO2. The number of halogens is 1. The van der Waals surface area contributed by atoms with Crippen molar-refractivity contribution in [3.05, 3.63) is 0 Å². The molecule has 0 aromatic heterocycles. The van der Waals surface area contributed by atoms with Crippen LogP contribution in [0.5, 0.6) is 0 Å². The van der Waals surface area contributed by atoms with Gasteiger partial charge in [0.15, 0.2) is 0 Å². The van der Waals surface area contributed by atoms with E-state index in [4.69, 9.17) is 0 Å². The van der Waals surface area contributed by atoms with Gasteiger partial charge in [-0.2, -0.15) is 0 Å². The van der Waals surface area contributed by atoms with Gasteiger partial charge >= 0.3 is 5.97 Å². The lowest BCUT2D eigenvalue weighted by molar-refractivity contribution is -0.162. The van der Waals surface area contributed by atoms with E-state index in [9.17, 15) is 9.90 Å². The van der Waals surface area contributed by atoms with Crippen LogP contribution in [-0.4, -0.2) is 15.4 Å². The lowest BCUT2D eigenvalue weighted by atomic mass is 9.49. The van der Waals surface area contributed by atoms with Gasteiger partial charge in [-0.05, 0) is 50.4 Å². The molecule has 78 valence electrons. The first kappa shape index (κ1) is 9.20. The summed E-state index contributed by atoms with van der Waals surface area (Å²) in [6.45, 7) is 0. The van der Waals surface area contributed by atoms with Crippen LogP contribution in [0.4, 0.5) is 0 Å². The van der Waals surface area contributed by atoms with Gasteiger partial charge in [-0.15, -0.1) is 0 Å². The number of alkyl halides is 1. The van der Waals surface area contributed by atoms with Crippen molar-refractivity contribution in [3.8, 4) is 0 Å². The second-order valence-electron chi connectivity index (χ2n) is 5.70. The second-order valence-corrected chi connectivity index (χ2v) is 7.38. The summed E-state index contributed by atoms with van der Waals surface area (Å²) in [5.74, 6) is 0.800. The fraction of sp³-hybridized carbons (Fsp3) is 0.909. The third-order valence-electron chi connectivity index (χ3n) is 4.44. The van der Waals surface area contributed by atoms with Gasteiger partial charge in [0, 0.05) is 4.32 Å².